The number of carbonyl (C=O) groups is 3. The molecule has 96 valence electrons. The Balaban J connectivity index is -0.000000160. The Morgan fingerprint density at radius 1 is 0.812 bits per heavy atom. The fourth-order valence-corrected chi connectivity index (χ4v) is 0.0500. The number of hydrogen-bond acceptors (Lipinski definition) is 7. The molecule has 0 aromatic heterocycles. The molecule has 0 bridgehead atoms. The Morgan fingerprint density at radius 3 is 1.00 bits per heavy atom. The Hall–Kier alpha value is -0.770. The summed E-state index contributed by atoms with van der Waals surface area (Å²) in [7, 11) is 0. The summed E-state index contributed by atoms with van der Waals surface area (Å²) in [5.41, 5.74) is 0. The van der Waals surface area contributed by atoms with Crippen molar-refractivity contribution in [2.45, 2.75) is 0 Å². The number of rotatable bonds is 4. The molecule has 7 nitrogen and oxygen atoms in total. The first-order chi connectivity index (χ1) is 7.35. The highest BCUT2D eigenvalue weighted by molar-refractivity contribution is 7.81. The Morgan fingerprint density at radius 2 is 1.00 bits per heavy atom. The molecule has 0 atom stereocenters. The van der Waals surface area contributed by atoms with E-state index in [0.717, 1.165) is 0 Å². The number of aliphatic hydroxyl groups is 2. The predicted octanol–water partition coefficient (Wildman–Crippen LogP) is -1.46. The summed E-state index contributed by atoms with van der Waals surface area (Å²) in [6.45, 7) is -1.12. The summed E-state index contributed by atoms with van der Waals surface area (Å²) in [6, 6.07) is 0. The number of thiol groups is 2. The third kappa shape index (κ3) is 37.9. The molecule has 0 rings (SSSR count). The van der Waals surface area contributed by atoms with Gasteiger partial charge in [-0.3, -0.25) is 14.4 Å². The summed E-state index contributed by atoms with van der Waals surface area (Å²) in [5.74, 6) is -2.48. The maximum absolute atomic E-state index is 9.68. The molecule has 4 N–H and O–H groups in total. The zero-order valence-corrected chi connectivity index (χ0v) is 10.0. The molecule has 0 radical (unpaired) electrons. The molecule has 0 spiro atoms. The van der Waals surface area contributed by atoms with Crippen LogP contribution in [-0.2, 0) is 14.4 Å². The van der Waals surface area contributed by atoms with Crippen molar-refractivity contribution in [1.29, 1.82) is 0 Å². The van der Waals surface area contributed by atoms with Gasteiger partial charge in [0.25, 0.3) is 0 Å². The third-order valence-corrected chi connectivity index (χ3v) is 1.16. The first kappa shape index (κ1) is 20.6. The lowest BCUT2D eigenvalue weighted by Crippen LogP contribution is -2.07. The Labute approximate surface area is 103 Å². The second-order valence-electron chi connectivity index (χ2n) is 1.96. The van der Waals surface area contributed by atoms with Gasteiger partial charge in [0.2, 0.25) is 0 Å². The van der Waals surface area contributed by atoms with Gasteiger partial charge in [0.05, 0.1) is 11.5 Å². The number of carboxylic acids is 2. The maximum atomic E-state index is 9.68. The van der Waals surface area contributed by atoms with Gasteiger partial charge < -0.3 is 20.4 Å². The minimum Gasteiger partial charge on any atom is -0.481 e. The molecule has 0 unspecified atom stereocenters. The fraction of sp³-hybridized carbons (Fsp3) is 0.571. The first-order valence-electron chi connectivity index (χ1n) is 3.74. The van der Waals surface area contributed by atoms with Crippen LogP contribution in [0.25, 0.3) is 0 Å². The van der Waals surface area contributed by atoms with Crippen molar-refractivity contribution in [3.8, 4) is 0 Å². The van der Waals surface area contributed by atoms with E-state index in [1.54, 1.807) is 0 Å². The van der Waals surface area contributed by atoms with Crippen LogP contribution < -0.4 is 0 Å². The number of aliphatic carboxylic acids is 2. The quantitative estimate of drug-likeness (QED) is 0.345. The minimum absolute atomic E-state index is 0.0833. The highest BCUT2D eigenvalue weighted by atomic mass is 32.1. The van der Waals surface area contributed by atoms with E-state index < -0.39 is 30.9 Å². The number of Topliss-reactive ketones (excluding diaryl/α,β-unsaturated/α-hetero) is 1. The van der Waals surface area contributed by atoms with E-state index in [9.17, 15) is 14.4 Å². The average molecular weight is 274 g/mol. The molecule has 0 heterocycles. The lowest BCUT2D eigenvalue weighted by atomic mass is 10.5. The van der Waals surface area contributed by atoms with Crippen molar-refractivity contribution in [2.24, 2.45) is 0 Å². The zero-order chi connectivity index (χ0) is 13.6. The number of ketones is 1. The van der Waals surface area contributed by atoms with Crippen molar-refractivity contribution in [1.82, 2.24) is 0 Å². The summed E-state index contributed by atoms with van der Waals surface area (Å²) in [4.78, 5) is 28.3. The molecule has 16 heavy (non-hydrogen) atoms. The molecule has 0 aromatic rings. The summed E-state index contributed by atoms with van der Waals surface area (Å²) >= 11 is 6.83. The topological polar surface area (TPSA) is 132 Å². The van der Waals surface area contributed by atoms with Crippen molar-refractivity contribution < 1.29 is 34.8 Å². The number of carbonyl (C=O) groups excluding carboxylic acids is 1. The normalized spacial score (nSPS) is 7.75. The second-order valence-corrected chi connectivity index (χ2v) is 2.59. The molecular weight excluding hydrogens is 260 g/mol. The molecule has 9 heteroatoms. The maximum Gasteiger partial charge on any atom is 0.313 e. The molecule has 0 amide bonds. The summed E-state index contributed by atoms with van der Waals surface area (Å²) < 4.78 is 0. The van der Waals surface area contributed by atoms with Crippen molar-refractivity contribution in [3.63, 3.8) is 0 Å². The van der Waals surface area contributed by atoms with Gasteiger partial charge in [-0.1, -0.05) is 0 Å². The van der Waals surface area contributed by atoms with Crippen LogP contribution in [0.3, 0.4) is 0 Å². The monoisotopic (exact) mass is 274 g/mol. The molecule has 0 saturated carbocycles. The second kappa shape index (κ2) is 16.7. The molecule has 0 fully saturated rings. The highest BCUT2D eigenvalue weighted by Crippen LogP contribution is 1.67. The van der Waals surface area contributed by atoms with Gasteiger partial charge >= 0.3 is 11.9 Å². The van der Waals surface area contributed by atoms with E-state index in [2.05, 4.69) is 25.3 Å². The predicted molar refractivity (Wildman–Crippen MR) is 62.2 cm³/mol. The van der Waals surface area contributed by atoms with Crippen LogP contribution in [0.4, 0.5) is 0 Å². The Bertz CT molecular complexity index is 187. The minimum atomic E-state index is -0.881. The van der Waals surface area contributed by atoms with Crippen LogP contribution in [-0.4, -0.2) is 62.9 Å². The highest BCUT2D eigenvalue weighted by Gasteiger charge is 1.90. The molecule has 0 saturated heterocycles. The lowest BCUT2D eigenvalue weighted by Gasteiger charge is -1.81. The fourth-order valence-electron chi connectivity index (χ4n) is 0.0500. The van der Waals surface area contributed by atoms with E-state index >= 15 is 0 Å². The van der Waals surface area contributed by atoms with Gasteiger partial charge in [-0.05, 0) is 0 Å². The summed E-state index contributed by atoms with van der Waals surface area (Å²) in [6.07, 6.45) is 0. The molecule has 0 aliphatic heterocycles. The number of aliphatic hydroxyl groups excluding tert-OH is 2. The van der Waals surface area contributed by atoms with E-state index in [1.165, 1.54) is 0 Å². The van der Waals surface area contributed by atoms with Gasteiger partial charge in [-0.2, -0.15) is 25.3 Å². The van der Waals surface area contributed by atoms with E-state index in [1.807, 2.05) is 0 Å². The van der Waals surface area contributed by atoms with E-state index in [-0.39, 0.29) is 11.5 Å². The van der Waals surface area contributed by atoms with Crippen LogP contribution in [0.1, 0.15) is 0 Å². The first-order valence-corrected chi connectivity index (χ1v) is 5.00. The molecular formula is C7H14O7S2. The largest absolute Gasteiger partial charge is 0.481 e. The van der Waals surface area contributed by atoms with Gasteiger partial charge in [-0.15, -0.1) is 0 Å². The standard InChI is InChI=1S/C3H6O3.2C2H4O2S/c4-1-3(6)2-5;2*3-2(4)1-5/h4-5H,1-2H2;2*5H,1H2,(H,3,4). The number of hydrogen-bond donors (Lipinski definition) is 6. The number of carboxylic acid groups (broad SMARTS) is 2. The van der Waals surface area contributed by atoms with Gasteiger partial charge in [0.1, 0.15) is 13.2 Å². The Kier molecular flexibility index (Phi) is 21.5. The van der Waals surface area contributed by atoms with E-state index in [4.69, 9.17) is 20.4 Å². The van der Waals surface area contributed by atoms with Crippen molar-refractivity contribution >= 4 is 43.0 Å². The van der Waals surface area contributed by atoms with Crippen molar-refractivity contribution in [3.05, 3.63) is 0 Å². The van der Waals surface area contributed by atoms with Crippen LogP contribution in [0.5, 0.6) is 0 Å². The van der Waals surface area contributed by atoms with Crippen LogP contribution in [0.15, 0.2) is 0 Å². The summed E-state index contributed by atoms with van der Waals surface area (Å²) in [5, 5.41) is 30.9. The lowest BCUT2D eigenvalue weighted by molar-refractivity contribution is -0.134. The van der Waals surface area contributed by atoms with Crippen molar-refractivity contribution in [2.75, 3.05) is 24.7 Å². The SMILES string of the molecule is O=C(CO)CO.O=C(O)CS.O=C(O)CS. The van der Waals surface area contributed by atoms with Crippen LogP contribution >= 0.6 is 25.3 Å². The van der Waals surface area contributed by atoms with Gasteiger partial charge in [0, 0.05) is 0 Å². The van der Waals surface area contributed by atoms with Crippen LogP contribution in [0.2, 0.25) is 0 Å². The van der Waals surface area contributed by atoms with Gasteiger partial charge in [-0.25, -0.2) is 0 Å². The smallest absolute Gasteiger partial charge is 0.313 e. The molecule has 0 aromatic carbocycles. The van der Waals surface area contributed by atoms with Crippen LogP contribution in [0, 0.1) is 0 Å². The average Bonchev–Trinajstić information content (AvgIpc) is 2.29. The third-order valence-electron chi connectivity index (χ3n) is 0.623. The zero-order valence-electron chi connectivity index (χ0n) is 8.24. The van der Waals surface area contributed by atoms with E-state index in [0.29, 0.717) is 0 Å². The van der Waals surface area contributed by atoms with Gasteiger partial charge in [0.15, 0.2) is 5.78 Å². The molecule has 0 aliphatic carbocycles. The molecule has 0 aliphatic rings.